The molecule has 0 saturated carbocycles. The molecule has 1 N–H and O–H groups in total. The largest absolute Gasteiger partial charge is 0.493 e. The first-order valence-corrected chi connectivity index (χ1v) is 8.95. The number of pyridine rings is 1. The molecule has 2 heterocycles. The summed E-state index contributed by atoms with van der Waals surface area (Å²) in [5, 5.41) is 13.3. The van der Waals surface area contributed by atoms with Gasteiger partial charge in [0.05, 0.1) is 43.1 Å². The normalized spacial score (nSPS) is 10.4. The van der Waals surface area contributed by atoms with E-state index in [1.54, 1.807) is 12.1 Å². The van der Waals surface area contributed by atoms with Gasteiger partial charge in [0.2, 0.25) is 5.88 Å². The summed E-state index contributed by atoms with van der Waals surface area (Å²) in [5.41, 5.74) is 1.34. The van der Waals surface area contributed by atoms with E-state index >= 15 is 0 Å². The Kier molecular flexibility index (Phi) is 6.19. The lowest BCUT2D eigenvalue weighted by molar-refractivity contribution is 0.313. The summed E-state index contributed by atoms with van der Waals surface area (Å²) in [7, 11) is 2.99. The van der Waals surface area contributed by atoms with Crippen LogP contribution in [-0.2, 0) is 0 Å². The first kappa shape index (κ1) is 19.7. The molecule has 0 aliphatic carbocycles. The first-order chi connectivity index (χ1) is 13.6. The standard InChI is InChI=1S/C18H15Cl2N5O3/c1-26-13-5-11-12(6-14(13)28-4-3-19)22-8-10(7-21)16(11)25-18-17(20)23-9-15(24-18)27-2/h5-6,8-9H,3-4H2,1-2H3,(H,22,24,25). The number of nitrogens with zero attached hydrogens (tertiary/aromatic N) is 4. The van der Waals surface area contributed by atoms with E-state index in [4.69, 9.17) is 37.4 Å². The third-order valence-corrected chi connectivity index (χ3v) is 4.20. The Labute approximate surface area is 171 Å². The van der Waals surface area contributed by atoms with Gasteiger partial charge in [-0.1, -0.05) is 11.6 Å². The molecule has 3 rings (SSSR count). The maximum Gasteiger partial charge on any atom is 0.234 e. The molecule has 0 saturated heterocycles. The topological polar surface area (TPSA) is 102 Å². The molecule has 0 atom stereocenters. The molecule has 0 radical (unpaired) electrons. The number of benzene rings is 1. The van der Waals surface area contributed by atoms with Gasteiger partial charge in [-0.2, -0.15) is 10.2 Å². The smallest absolute Gasteiger partial charge is 0.234 e. The summed E-state index contributed by atoms with van der Waals surface area (Å²) < 4.78 is 16.1. The molecule has 0 amide bonds. The summed E-state index contributed by atoms with van der Waals surface area (Å²) >= 11 is 11.8. The zero-order chi connectivity index (χ0) is 20.1. The average molecular weight is 420 g/mol. The quantitative estimate of drug-likeness (QED) is 0.574. The molecule has 1 aromatic carbocycles. The molecule has 0 aliphatic rings. The minimum Gasteiger partial charge on any atom is -0.493 e. The Bertz CT molecular complexity index is 1060. The summed E-state index contributed by atoms with van der Waals surface area (Å²) in [4.78, 5) is 12.6. The Balaban J connectivity index is 2.16. The van der Waals surface area contributed by atoms with Gasteiger partial charge < -0.3 is 19.5 Å². The second-order valence-electron chi connectivity index (χ2n) is 5.39. The Morgan fingerprint density at radius 2 is 1.96 bits per heavy atom. The van der Waals surface area contributed by atoms with Crippen LogP contribution in [0.1, 0.15) is 5.56 Å². The van der Waals surface area contributed by atoms with Crippen molar-refractivity contribution < 1.29 is 14.2 Å². The Morgan fingerprint density at radius 1 is 1.14 bits per heavy atom. The van der Waals surface area contributed by atoms with E-state index in [-0.39, 0.29) is 16.9 Å². The molecule has 10 heteroatoms. The van der Waals surface area contributed by atoms with Crippen molar-refractivity contribution in [1.29, 1.82) is 5.26 Å². The van der Waals surface area contributed by atoms with Crippen LogP contribution in [0.4, 0.5) is 11.5 Å². The van der Waals surface area contributed by atoms with Gasteiger partial charge >= 0.3 is 0 Å². The van der Waals surface area contributed by atoms with Gasteiger partial charge in [-0.15, -0.1) is 11.6 Å². The highest BCUT2D eigenvalue weighted by atomic mass is 35.5. The van der Waals surface area contributed by atoms with E-state index in [0.717, 1.165) is 0 Å². The van der Waals surface area contributed by atoms with Gasteiger partial charge in [-0.05, 0) is 6.07 Å². The van der Waals surface area contributed by atoms with Crippen LogP contribution in [-0.4, -0.2) is 41.7 Å². The number of hydrogen-bond acceptors (Lipinski definition) is 8. The van der Waals surface area contributed by atoms with Crippen molar-refractivity contribution in [1.82, 2.24) is 15.0 Å². The number of anilines is 2. The molecule has 0 bridgehead atoms. The van der Waals surface area contributed by atoms with Gasteiger partial charge in [-0.3, -0.25) is 4.98 Å². The van der Waals surface area contributed by atoms with Crippen molar-refractivity contribution in [3.05, 3.63) is 35.2 Å². The van der Waals surface area contributed by atoms with Crippen molar-refractivity contribution in [3.63, 3.8) is 0 Å². The number of fused-ring (bicyclic) bond motifs is 1. The Hall–Kier alpha value is -3.02. The third-order valence-electron chi connectivity index (χ3n) is 3.77. The number of halogens is 2. The summed E-state index contributed by atoms with van der Waals surface area (Å²) in [6.45, 7) is 0.319. The molecule has 28 heavy (non-hydrogen) atoms. The molecule has 0 unspecified atom stereocenters. The van der Waals surface area contributed by atoms with Crippen LogP contribution < -0.4 is 19.5 Å². The lowest BCUT2D eigenvalue weighted by Gasteiger charge is -2.15. The lowest BCUT2D eigenvalue weighted by atomic mass is 10.1. The predicted octanol–water partition coefficient (Wildman–Crippen LogP) is 3.93. The SMILES string of the molecule is COc1cnc(Cl)c(Nc2c(C#N)cnc3cc(OCCCl)c(OC)cc23)n1. The van der Waals surface area contributed by atoms with E-state index < -0.39 is 0 Å². The van der Waals surface area contributed by atoms with E-state index in [9.17, 15) is 5.26 Å². The highest BCUT2D eigenvalue weighted by Gasteiger charge is 2.16. The fourth-order valence-electron chi connectivity index (χ4n) is 2.49. The van der Waals surface area contributed by atoms with Crippen LogP contribution in [0.15, 0.2) is 24.5 Å². The number of alkyl halides is 1. The van der Waals surface area contributed by atoms with Crippen molar-refractivity contribution in [2.75, 3.05) is 32.0 Å². The van der Waals surface area contributed by atoms with Gasteiger partial charge in [0.1, 0.15) is 12.7 Å². The minimum absolute atomic E-state index is 0.128. The molecule has 0 fully saturated rings. The number of methoxy groups -OCH3 is 2. The number of nitrogens with one attached hydrogen (secondary N) is 1. The molecule has 0 spiro atoms. The van der Waals surface area contributed by atoms with E-state index in [1.165, 1.54) is 26.6 Å². The van der Waals surface area contributed by atoms with E-state index in [0.29, 0.717) is 46.1 Å². The highest BCUT2D eigenvalue weighted by molar-refractivity contribution is 6.31. The molecule has 3 aromatic rings. The van der Waals surface area contributed by atoms with Crippen LogP contribution in [0.25, 0.3) is 10.9 Å². The monoisotopic (exact) mass is 419 g/mol. The molecule has 8 nitrogen and oxygen atoms in total. The van der Waals surface area contributed by atoms with Crippen molar-refractivity contribution in [2.45, 2.75) is 0 Å². The van der Waals surface area contributed by atoms with Crippen LogP contribution in [0.2, 0.25) is 5.15 Å². The van der Waals surface area contributed by atoms with Crippen molar-refractivity contribution in [2.24, 2.45) is 0 Å². The fourth-order valence-corrected chi connectivity index (χ4v) is 2.71. The van der Waals surface area contributed by atoms with E-state index in [1.807, 2.05) is 0 Å². The van der Waals surface area contributed by atoms with Gasteiger partial charge in [0.25, 0.3) is 0 Å². The van der Waals surface area contributed by atoms with Crippen LogP contribution in [0, 0.1) is 11.3 Å². The van der Waals surface area contributed by atoms with Gasteiger partial charge in [0, 0.05) is 17.6 Å². The summed E-state index contributed by atoms with van der Waals surface area (Å²) in [6, 6.07) is 5.54. The van der Waals surface area contributed by atoms with E-state index in [2.05, 4.69) is 26.3 Å². The summed E-state index contributed by atoms with van der Waals surface area (Å²) in [5.74, 6) is 1.82. The third kappa shape index (κ3) is 3.96. The lowest BCUT2D eigenvalue weighted by Crippen LogP contribution is -2.03. The highest BCUT2D eigenvalue weighted by Crippen LogP contribution is 2.37. The number of ether oxygens (including phenoxy) is 3. The molecular weight excluding hydrogens is 405 g/mol. The molecule has 144 valence electrons. The van der Waals surface area contributed by atoms with Crippen molar-refractivity contribution in [3.8, 4) is 23.4 Å². The number of hydrogen-bond donors (Lipinski definition) is 1. The fraction of sp³-hybridized carbons (Fsp3) is 0.222. The molecular formula is C18H15Cl2N5O3. The van der Waals surface area contributed by atoms with Gasteiger partial charge in [0.15, 0.2) is 22.5 Å². The van der Waals surface area contributed by atoms with Crippen LogP contribution >= 0.6 is 23.2 Å². The van der Waals surface area contributed by atoms with Crippen molar-refractivity contribution >= 4 is 45.6 Å². The molecule has 0 aliphatic heterocycles. The first-order valence-electron chi connectivity index (χ1n) is 8.04. The number of aromatic nitrogens is 3. The minimum atomic E-state index is 0.128. The Morgan fingerprint density at radius 3 is 2.64 bits per heavy atom. The molecule has 2 aromatic heterocycles. The summed E-state index contributed by atoms with van der Waals surface area (Å²) in [6.07, 6.45) is 2.84. The maximum absolute atomic E-state index is 9.53. The maximum atomic E-state index is 9.53. The number of nitriles is 1. The zero-order valence-electron chi connectivity index (χ0n) is 15.0. The predicted molar refractivity (Wildman–Crippen MR) is 106 cm³/mol. The average Bonchev–Trinajstić information content (AvgIpc) is 2.73. The van der Waals surface area contributed by atoms with Crippen LogP contribution in [0.3, 0.4) is 0 Å². The number of rotatable bonds is 7. The second-order valence-corrected chi connectivity index (χ2v) is 6.13. The van der Waals surface area contributed by atoms with Gasteiger partial charge in [-0.25, -0.2) is 4.98 Å². The van der Waals surface area contributed by atoms with Crippen LogP contribution in [0.5, 0.6) is 17.4 Å². The second kappa shape index (κ2) is 8.78. The zero-order valence-corrected chi connectivity index (χ0v) is 16.5.